The molecule has 1 saturated heterocycles. The first-order valence-corrected chi connectivity index (χ1v) is 11.7. The molecule has 2 amide bonds. The third-order valence-corrected chi connectivity index (χ3v) is 6.84. The van der Waals surface area contributed by atoms with Gasteiger partial charge in [-0.1, -0.05) is 39.9 Å². The number of aromatic nitrogens is 3. The molecule has 0 atom stereocenters. The van der Waals surface area contributed by atoms with E-state index in [-0.39, 0.29) is 17.4 Å². The van der Waals surface area contributed by atoms with E-state index in [1.165, 1.54) is 29.2 Å². The molecule has 1 fully saturated rings. The quantitative estimate of drug-likeness (QED) is 0.425. The van der Waals surface area contributed by atoms with E-state index in [0.29, 0.717) is 33.3 Å². The second-order valence-electron chi connectivity index (χ2n) is 6.78. The van der Waals surface area contributed by atoms with Crippen molar-refractivity contribution in [1.29, 1.82) is 0 Å². The summed E-state index contributed by atoms with van der Waals surface area (Å²) in [7, 11) is 0. The first kappa shape index (κ1) is 21.6. The fourth-order valence-corrected chi connectivity index (χ4v) is 4.81. The second-order valence-corrected chi connectivity index (χ2v) is 9.42. The van der Waals surface area contributed by atoms with E-state index in [4.69, 9.17) is 16.1 Å². The summed E-state index contributed by atoms with van der Waals surface area (Å²) in [6.45, 7) is 4.58. The zero-order valence-electron chi connectivity index (χ0n) is 16.6. The fourth-order valence-electron chi connectivity index (χ4n) is 3.03. The molecule has 0 bridgehead atoms. The number of rotatable bonds is 6. The Morgan fingerprint density at radius 3 is 2.61 bits per heavy atom. The number of carbonyl (C=O) groups excluding carboxylic acids is 2. The van der Waals surface area contributed by atoms with Crippen molar-refractivity contribution in [3.8, 4) is 0 Å². The number of benzene rings is 1. The molecule has 1 aliphatic rings. The van der Waals surface area contributed by atoms with Gasteiger partial charge in [-0.15, -0.1) is 10.2 Å². The summed E-state index contributed by atoms with van der Waals surface area (Å²) in [5.74, 6) is 0.455. The molecule has 9 nitrogen and oxygen atoms in total. The van der Waals surface area contributed by atoms with Crippen LogP contribution in [0.2, 0.25) is 5.02 Å². The number of carbonyl (C=O) groups is 2. The maximum absolute atomic E-state index is 12.6. The van der Waals surface area contributed by atoms with Gasteiger partial charge < -0.3 is 14.3 Å². The molecule has 2 aromatic heterocycles. The fraction of sp³-hybridized carbons (Fsp3) is 0.316. The monoisotopic (exact) mass is 478 g/mol. The predicted molar refractivity (Wildman–Crippen MR) is 120 cm³/mol. The van der Waals surface area contributed by atoms with Crippen LogP contribution in [0.4, 0.5) is 10.8 Å². The van der Waals surface area contributed by atoms with Crippen LogP contribution >= 0.6 is 34.7 Å². The van der Waals surface area contributed by atoms with Crippen molar-refractivity contribution >= 4 is 57.3 Å². The lowest BCUT2D eigenvalue weighted by Gasteiger charge is -2.36. The number of amides is 2. The van der Waals surface area contributed by atoms with E-state index in [0.717, 1.165) is 18.8 Å². The summed E-state index contributed by atoms with van der Waals surface area (Å²) in [5.41, 5.74) is 1.28. The van der Waals surface area contributed by atoms with Gasteiger partial charge in [0.15, 0.2) is 10.0 Å². The number of hydrogen-bond acceptors (Lipinski definition) is 9. The van der Waals surface area contributed by atoms with Gasteiger partial charge in [-0.05, 0) is 31.2 Å². The molecule has 0 saturated carbocycles. The van der Waals surface area contributed by atoms with Crippen LogP contribution in [0.15, 0.2) is 39.2 Å². The number of hydrogen-bond donors (Lipinski definition) is 1. The van der Waals surface area contributed by atoms with E-state index in [2.05, 4.69) is 25.6 Å². The van der Waals surface area contributed by atoms with Gasteiger partial charge >= 0.3 is 0 Å². The molecule has 0 radical (unpaired) electrons. The molecule has 1 aromatic carbocycles. The Labute approximate surface area is 191 Å². The lowest BCUT2D eigenvalue weighted by Crippen LogP contribution is -2.49. The molecule has 0 spiro atoms. The van der Waals surface area contributed by atoms with E-state index < -0.39 is 5.91 Å². The molecular weight excluding hydrogens is 460 g/mol. The molecule has 162 valence electrons. The standard InChI is InChI=1S/C19H19ClN6O3S2/c1-12-10-15(24-29-12)17(28)21-18-22-23-19(31-18)30-11-16(27)26-8-6-25(7-9-26)14-4-2-13(20)3-5-14/h2-5,10H,6-9,11H2,1H3,(H,21,22,28). The number of aryl methyl sites for hydroxylation is 1. The number of nitrogens with one attached hydrogen (secondary N) is 1. The van der Waals surface area contributed by atoms with Gasteiger partial charge in [0.1, 0.15) is 5.76 Å². The van der Waals surface area contributed by atoms with Crippen molar-refractivity contribution < 1.29 is 14.1 Å². The van der Waals surface area contributed by atoms with Crippen molar-refractivity contribution in [2.75, 3.05) is 42.1 Å². The van der Waals surface area contributed by atoms with Crippen LogP contribution < -0.4 is 10.2 Å². The highest BCUT2D eigenvalue weighted by atomic mass is 35.5. The molecule has 1 N–H and O–H groups in total. The third kappa shape index (κ3) is 5.54. The number of nitrogens with zero attached hydrogens (tertiary/aromatic N) is 5. The zero-order chi connectivity index (χ0) is 21.8. The van der Waals surface area contributed by atoms with Gasteiger partial charge in [0.25, 0.3) is 5.91 Å². The van der Waals surface area contributed by atoms with Crippen LogP contribution in [-0.2, 0) is 4.79 Å². The van der Waals surface area contributed by atoms with Gasteiger partial charge in [0.2, 0.25) is 11.0 Å². The number of piperazine rings is 1. The maximum atomic E-state index is 12.6. The van der Waals surface area contributed by atoms with Gasteiger partial charge in [-0.25, -0.2) is 0 Å². The Kier molecular flexibility index (Phi) is 6.73. The molecule has 3 heterocycles. The Morgan fingerprint density at radius 2 is 1.94 bits per heavy atom. The first-order valence-electron chi connectivity index (χ1n) is 9.47. The lowest BCUT2D eigenvalue weighted by atomic mass is 10.2. The van der Waals surface area contributed by atoms with E-state index in [9.17, 15) is 9.59 Å². The summed E-state index contributed by atoms with van der Waals surface area (Å²) < 4.78 is 5.50. The van der Waals surface area contributed by atoms with E-state index in [1.54, 1.807) is 6.92 Å². The molecule has 4 rings (SSSR count). The Hall–Kier alpha value is -2.63. The largest absolute Gasteiger partial charge is 0.368 e. The maximum Gasteiger partial charge on any atom is 0.279 e. The van der Waals surface area contributed by atoms with Crippen molar-refractivity contribution in [3.05, 3.63) is 46.8 Å². The van der Waals surface area contributed by atoms with Crippen LogP contribution in [0.5, 0.6) is 0 Å². The van der Waals surface area contributed by atoms with Crippen LogP contribution in [0.3, 0.4) is 0 Å². The van der Waals surface area contributed by atoms with Gasteiger partial charge in [-0.3, -0.25) is 14.9 Å². The summed E-state index contributed by atoms with van der Waals surface area (Å²) in [6.07, 6.45) is 0. The third-order valence-electron chi connectivity index (χ3n) is 4.63. The highest BCUT2D eigenvalue weighted by Gasteiger charge is 2.22. The highest BCUT2D eigenvalue weighted by molar-refractivity contribution is 8.01. The molecule has 1 aliphatic heterocycles. The lowest BCUT2D eigenvalue weighted by molar-refractivity contribution is -0.128. The van der Waals surface area contributed by atoms with Crippen molar-refractivity contribution in [3.63, 3.8) is 0 Å². The average Bonchev–Trinajstić information content (AvgIpc) is 3.41. The molecule has 12 heteroatoms. The summed E-state index contributed by atoms with van der Waals surface area (Å²) in [4.78, 5) is 28.7. The van der Waals surface area contributed by atoms with E-state index in [1.807, 2.05) is 29.2 Å². The first-order chi connectivity index (χ1) is 15.0. The molecular formula is C19H19ClN6O3S2. The summed E-state index contributed by atoms with van der Waals surface area (Å²) in [5, 5.41) is 15.3. The molecule has 3 aromatic rings. The Bertz CT molecular complexity index is 1060. The zero-order valence-corrected chi connectivity index (χ0v) is 19.0. The SMILES string of the molecule is Cc1cc(C(=O)Nc2nnc(SCC(=O)N3CCN(c4ccc(Cl)cc4)CC3)s2)no1. The Morgan fingerprint density at radius 1 is 1.19 bits per heavy atom. The highest BCUT2D eigenvalue weighted by Crippen LogP contribution is 2.26. The van der Waals surface area contributed by atoms with Gasteiger partial charge in [0, 0.05) is 43.0 Å². The van der Waals surface area contributed by atoms with Crippen LogP contribution in [0.25, 0.3) is 0 Å². The van der Waals surface area contributed by atoms with E-state index >= 15 is 0 Å². The average molecular weight is 479 g/mol. The minimum atomic E-state index is -0.417. The van der Waals surface area contributed by atoms with Crippen LogP contribution in [-0.4, -0.2) is 64.0 Å². The predicted octanol–water partition coefficient (Wildman–Crippen LogP) is 3.18. The minimum Gasteiger partial charge on any atom is -0.368 e. The van der Waals surface area contributed by atoms with Crippen molar-refractivity contribution in [2.45, 2.75) is 11.3 Å². The number of halogens is 1. The van der Waals surface area contributed by atoms with Gasteiger partial charge in [-0.2, -0.15) is 0 Å². The number of thioether (sulfide) groups is 1. The van der Waals surface area contributed by atoms with Crippen LogP contribution in [0, 0.1) is 6.92 Å². The Balaban J connectivity index is 1.23. The molecule has 0 unspecified atom stereocenters. The summed E-state index contributed by atoms with van der Waals surface area (Å²) in [6, 6.07) is 9.26. The smallest absolute Gasteiger partial charge is 0.279 e. The topological polar surface area (TPSA) is 104 Å². The van der Waals surface area contributed by atoms with Crippen molar-refractivity contribution in [1.82, 2.24) is 20.3 Å². The normalized spacial score (nSPS) is 14.0. The molecule has 0 aliphatic carbocycles. The van der Waals surface area contributed by atoms with Crippen LogP contribution in [0.1, 0.15) is 16.2 Å². The van der Waals surface area contributed by atoms with Crippen molar-refractivity contribution in [2.24, 2.45) is 0 Å². The van der Waals surface area contributed by atoms with Gasteiger partial charge in [0.05, 0.1) is 5.75 Å². The summed E-state index contributed by atoms with van der Waals surface area (Å²) >= 11 is 8.47. The molecule has 31 heavy (non-hydrogen) atoms. The number of anilines is 2. The minimum absolute atomic E-state index is 0.0552. The second kappa shape index (κ2) is 9.67.